The third-order valence-electron chi connectivity index (χ3n) is 6.12. The van der Waals surface area contributed by atoms with Gasteiger partial charge in [-0.2, -0.15) is 0 Å². The van der Waals surface area contributed by atoms with Gasteiger partial charge >= 0.3 is 0 Å². The van der Waals surface area contributed by atoms with Crippen LogP contribution >= 0.6 is 12.2 Å². The van der Waals surface area contributed by atoms with Crippen LogP contribution in [-0.4, -0.2) is 19.8 Å². The first-order valence-electron chi connectivity index (χ1n) is 10.7. The Morgan fingerprint density at radius 2 is 1.67 bits per heavy atom. The van der Waals surface area contributed by atoms with Crippen LogP contribution in [0.4, 0.5) is 10.1 Å². The molecule has 0 bridgehead atoms. The molecule has 0 aliphatic carbocycles. The van der Waals surface area contributed by atoms with Gasteiger partial charge in [0.2, 0.25) is 0 Å². The minimum Gasteiger partial charge on any atom is -0.506 e. The molecule has 5 nitrogen and oxygen atoms in total. The second kappa shape index (κ2) is 8.33. The molecule has 5 rings (SSSR count). The zero-order valence-electron chi connectivity index (χ0n) is 18.2. The number of hydrogen-bond acceptors (Lipinski definition) is 3. The fourth-order valence-corrected chi connectivity index (χ4v) is 5.03. The Bertz CT molecular complexity index is 1340. The average molecular weight is 459 g/mol. The molecule has 1 aliphatic heterocycles. The number of aryl methyl sites for hydroxylation is 1. The summed E-state index contributed by atoms with van der Waals surface area (Å²) in [5.41, 5.74) is 4.71. The molecule has 33 heavy (non-hydrogen) atoms. The second-order valence-electron chi connectivity index (χ2n) is 8.10. The molecule has 2 N–H and O–H groups in total. The van der Waals surface area contributed by atoms with Crippen molar-refractivity contribution < 1.29 is 9.50 Å². The van der Waals surface area contributed by atoms with Crippen molar-refractivity contribution >= 4 is 23.0 Å². The summed E-state index contributed by atoms with van der Waals surface area (Å²) in [6.07, 6.45) is 1.75. The van der Waals surface area contributed by atoms with Crippen LogP contribution in [0.2, 0.25) is 0 Å². The summed E-state index contributed by atoms with van der Waals surface area (Å²) in [4.78, 5) is 6.50. The predicted octanol–water partition coefficient (Wildman–Crippen LogP) is 5.51. The van der Waals surface area contributed by atoms with Gasteiger partial charge in [0, 0.05) is 17.6 Å². The Balaban J connectivity index is 1.71. The van der Waals surface area contributed by atoms with E-state index < -0.39 is 0 Å². The van der Waals surface area contributed by atoms with E-state index in [1.54, 1.807) is 30.5 Å². The van der Waals surface area contributed by atoms with Gasteiger partial charge in [-0.1, -0.05) is 30.3 Å². The van der Waals surface area contributed by atoms with Crippen molar-refractivity contribution in [3.05, 3.63) is 107 Å². The third-order valence-corrected chi connectivity index (χ3v) is 6.44. The van der Waals surface area contributed by atoms with Crippen LogP contribution < -0.4 is 10.2 Å². The molecule has 7 heteroatoms. The summed E-state index contributed by atoms with van der Waals surface area (Å²) in [6.45, 7) is 3.94. The summed E-state index contributed by atoms with van der Waals surface area (Å²) in [5, 5.41) is 14.5. The van der Waals surface area contributed by atoms with E-state index in [0.29, 0.717) is 16.5 Å². The van der Waals surface area contributed by atoms with Crippen LogP contribution in [0.25, 0.3) is 5.69 Å². The number of aromatic nitrogens is 2. The number of rotatable bonds is 4. The van der Waals surface area contributed by atoms with Crippen molar-refractivity contribution in [2.24, 2.45) is 0 Å². The van der Waals surface area contributed by atoms with Gasteiger partial charge in [0.1, 0.15) is 11.6 Å². The van der Waals surface area contributed by atoms with Gasteiger partial charge in [-0.25, -0.2) is 4.39 Å². The number of nitrogens with one attached hydrogen (secondary N) is 1. The molecule has 0 radical (unpaired) electrons. The SMILES string of the molecule is Cc1cc([C@@H]2[C@H](c3ccccn3)NC(=S)N2c2ccccc2O)c(C)n1-c1ccccc1F. The van der Waals surface area contributed by atoms with Crippen LogP contribution in [0, 0.1) is 19.7 Å². The Hall–Kier alpha value is -3.71. The first-order valence-corrected chi connectivity index (χ1v) is 11.1. The first kappa shape index (κ1) is 21.2. The monoisotopic (exact) mass is 458 g/mol. The molecule has 2 aromatic carbocycles. The number of halogens is 1. The van der Waals surface area contributed by atoms with Crippen LogP contribution in [0.15, 0.2) is 79.0 Å². The van der Waals surface area contributed by atoms with E-state index in [4.69, 9.17) is 12.2 Å². The number of nitrogens with zero attached hydrogens (tertiary/aromatic N) is 3. The maximum absolute atomic E-state index is 14.7. The van der Waals surface area contributed by atoms with E-state index >= 15 is 0 Å². The molecule has 2 atom stereocenters. The molecule has 0 saturated carbocycles. The largest absolute Gasteiger partial charge is 0.506 e. The smallest absolute Gasteiger partial charge is 0.174 e. The molecule has 3 heterocycles. The number of aromatic hydroxyl groups is 1. The van der Waals surface area contributed by atoms with Gasteiger partial charge < -0.3 is 19.9 Å². The molecule has 1 fully saturated rings. The normalized spacial score (nSPS) is 17.9. The molecule has 1 saturated heterocycles. The lowest BCUT2D eigenvalue weighted by Crippen LogP contribution is -2.29. The average Bonchev–Trinajstić information content (AvgIpc) is 3.30. The van der Waals surface area contributed by atoms with Crippen LogP contribution in [0.1, 0.15) is 34.7 Å². The Morgan fingerprint density at radius 1 is 0.970 bits per heavy atom. The van der Waals surface area contributed by atoms with Gasteiger partial charge in [0.15, 0.2) is 5.11 Å². The number of thiocarbonyl (C=S) groups is 1. The van der Waals surface area contributed by atoms with Gasteiger partial charge in [-0.05, 0) is 74.1 Å². The molecule has 0 unspecified atom stereocenters. The number of phenols is 1. The summed E-state index contributed by atoms with van der Waals surface area (Å²) in [6, 6.07) is 21.2. The van der Waals surface area contributed by atoms with E-state index in [1.165, 1.54) is 6.07 Å². The highest BCUT2D eigenvalue weighted by atomic mass is 32.1. The number of phenolic OH excluding ortho intramolecular Hbond substituents is 1. The lowest BCUT2D eigenvalue weighted by Gasteiger charge is -2.28. The topological polar surface area (TPSA) is 53.3 Å². The summed E-state index contributed by atoms with van der Waals surface area (Å²) >= 11 is 5.74. The van der Waals surface area contributed by atoms with Crippen molar-refractivity contribution in [3.8, 4) is 11.4 Å². The molecule has 0 amide bonds. The molecule has 0 spiro atoms. The van der Waals surface area contributed by atoms with E-state index in [-0.39, 0.29) is 23.7 Å². The Morgan fingerprint density at radius 3 is 2.36 bits per heavy atom. The van der Waals surface area contributed by atoms with E-state index in [1.807, 2.05) is 59.7 Å². The van der Waals surface area contributed by atoms with Gasteiger partial charge in [0.25, 0.3) is 0 Å². The minimum atomic E-state index is -0.299. The van der Waals surface area contributed by atoms with Crippen molar-refractivity contribution in [3.63, 3.8) is 0 Å². The highest BCUT2D eigenvalue weighted by molar-refractivity contribution is 7.80. The van der Waals surface area contributed by atoms with Crippen LogP contribution in [0.5, 0.6) is 5.75 Å². The molecular formula is C26H23FN4OS. The summed E-state index contributed by atoms with van der Waals surface area (Å²) in [7, 11) is 0. The van der Waals surface area contributed by atoms with E-state index in [0.717, 1.165) is 22.6 Å². The quantitative estimate of drug-likeness (QED) is 0.395. The number of pyridine rings is 1. The number of hydrogen-bond donors (Lipinski definition) is 2. The highest BCUT2D eigenvalue weighted by Crippen LogP contribution is 2.45. The fraction of sp³-hybridized carbons (Fsp3) is 0.154. The predicted molar refractivity (Wildman–Crippen MR) is 131 cm³/mol. The van der Waals surface area contributed by atoms with Crippen molar-refractivity contribution in [2.75, 3.05) is 4.90 Å². The number of para-hydroxylation sites is 3. The van der Waals surface area contributed by atoms with Gasteiger partial charge in [-0.15, -0.1) is 0 Å². The molecule has 166 valence electrons. The molecule has 1 aliphatic rings. The highest BCUT2D eigenvalue weighted by Gasteiger charge is 2.43. The molecular weight excluding hydrogens is 435 g/mol. The second-order valence-corrected chi connectivity index (χ2v) is 8.49. The lowest BCUT2D eigenvalue weighted by molar-refractivity contribution is 0.472. The lowest BCUT2D eigenvalue weighted by atomic mass is 9.96. The van der Waals surface area contributed by atoms with Crippen LogP contribution in [0.3, 0.4) is 0 Å². The van der Waals surface area contributed by atoms with Crippen molar-refractivity contribution in [1.29, 1.82) is 0 Å². The summed E-state index contributed by atoms with van der Waals surface area (Å²) in [5.74, 6) is -0.152. The zero-order valence-corrected chi connectivity index (χ0v) is 19.1. The zero-order chi connectivity index (χ0) is 23.1. The van der Waals surface area contributed by atoms with Crippen molar-refractivity contribution in [2.45, 2.75) is 25.9 Å². The maximum atomic E-state index is 14.7. The number of benzene rings is 2. The summed E-state index contributed by atoms with van der Waals surface area (Å²) < 4.78 is 16.6. The minimum absolute atomic E-state index is 0.135. The van der Waals surface area contributed by atoms with Crippen LogP contribution in [-0.2, 0) is 0 Å². The van der Waals surface area contributed by atoms with E-state index in [2.05, 4.69) is 16.4 Å². The molecule has 2 aromatic heterocycles. The maximum Gasteiger partial charge on any atom is 0.174 e. The first-order chi connectivity index (χ1) is 16.0. The van der Waals surface area contributed by atoms with Gasteiger partial charge in [-0.3, -0.25) is 4.98 Å². The van der Waals surface area contributed by atoms with Gasteiger partial charge in [0.05, 0.1) is 29.2 Å². The van der Waals surface area contributed by atoms with E-state index in [9.17, 15) is 9.50 Å². The third kappa shape index (κ3) is 3.54. The fourth-order valence-electron chi connectivity index (χ4n) is 4.69. The van der Waals surface area contributed by atoms with Crippen molar-refractivity contribution in [1.82, 2.24) is 14.9 Å². The standard InChI is InChI=1S/C26H23FN4OS/c1-16-15-18(17(2)30(16)21-11-4-3-9-19(21)27)25-24(20-10-7-8-14-28-20)29-26(33)31(25)22-12-5-6-13-23(22)32/h3-15,24-25,32H,1-2H3,(H,29,33)/t24-,25+/m0/s1. The Labute approximate surface area is 197 Å². The Kier molecular flexibility index (Phi) is 5.34. The molecule has 4 aromatic rings. The number of anilines is 1.